The van der Waals surface area contributed by atoms with E-state index in [9.17, 15) is 4.79 Å². The van der Waals surface area contributed by atoms with Gasteiger partial charge in [-0.3, -0.25) is 9.48 Å². The summed E-state index contributed by atoms with van der Waals surface area (Å²) in [6.45, 7) is 3.81. The fourth-order valence-electron chi connectivity index (χ4n) is 2.24. The molecule has 6 heteroatoms. The van der Waals surface area contributed by atoms with Crippen molar-refractivity contribution in [3.63, 3.8) is 0 Å². The summed E-state index contributed by atoms with van der Waals surface area (Å²) in [6.07, 6.45) is 4.56. The fourth-order valence-corrected chi connectivity index (χ4v) is 2.24. The molecule has 1 aliphatic heterocycles. The van der Waals surface area contributed by atoms with Crippen LogP contribution >= 0.6 is 0 Å². The summed E-state index contributed by atoms with van der Waals surface area (Å²) in [4.78, 5) is 11.8. The molecule has 0 radical (unpaired) electrons. The van der Waals surface area contributed by atoms with Crippen LogP contribution in [0.2, 0.25) is 0 Å². The van der Waals surface area contributed by atoms with Gasteiger partial charge in [0.15, 0.2) is 0 Å². The maximum absolute atomic E-state index is 11.8. The second-order valence-corrected chi connectivity index (χ2v) is 4.82. The molecule has 1 fully saturated rings. The van der Waals surface area contributed by atoms with Crippen molar-refractivity contribution < 1.29 is 9.53 Å². The quantitative estimate of drug-likeness (QED) is 0.823. The molecule has 1 aromatic rings. The van der Waals surface area contributed by atoms with Crippen LogP contribution in [0.3, 0.4) is 0 Å². The molecular formula is C13H22N4O2. The third kappa shape index (κ3) is 3.96. The highest BCUT2D eigenvalue weighted by Gasteiger charge is 2.16. The van der Waals surface area contributed by atoms with Gasteiger partial charge in [-0.05, 0) is 19.3 Å². The lowest BCUT2D eigenvalue weighted by Gasteiger charge is -2.23. The minimum Gasteiger partial charge on any atom is -0.381 e. The molecule has 2 heterocycles. The Bertz CT molecular complexity index is 424. The van der Waals surface area contributed by atoms with Crippen LogP contribution in [0.4, 0.5) is 5.69 Å². The number of carbonyl (C=O) groups is 1. The molecule has 0 aliphatic carbocycles. The second kappa shape index (κ2) is 6.56. The van der Waals surface area contributed by atoms with Gasteiger partial charge in [0, 0.05) is 32.5 Å². The zero-order chi connectivity index (χ0) is 13.7. The number of nitrogens with one attached hydrogen (secondary N) is 2. The Morgan fingerprint density at radius 3 is 2.95 bits per heavy atom. The highest BCUT2D eigenvalue weighted by molar-refractivity contribution is 5.81. The molecule has 19 heavy (non-hydrogen) atoms. The monoisotopic (exact) mass is 266 g/mol. The summed E-state index contributed by atoms with van der Waals surface area (Å²) in [5.41, 5.74) is 1.92. The molecule has 0 spiro atoms. The Kier molecular flexibility index (Phi) is 4.79. The van der Waals surface area contributed by atoms with Crippen LogP contribution in [0.15, 0.2) is 6.20 Å². The first-order valence-electron chi connectivity index (χ1n) is 6.82. The molecule has 2 rings (SSSR count). The van der Waals surface area contributed by atoms with Crippen LogP contribution in [-0.2, 0) is 23.0 Å². The van der Waals surface area contributed by atoms with Crippen molar-refractivity contribution in [2.45, 2.75) is 32.2 Å². The van der Waals surface area contributed by atoms with Crippen molar-refractivity contribution in [1.29, 1.82) is 0 Å². The summed E-state index contributed by atoms with van der Waals surface area (Å²) >= 11 is 0. The molecule has 6 nitrogen and oxygen atoms in total. The van der Waals surface area contributed by atoms with Gasteiger partial charge in [0.05, 0.1) is 17.9 Å². The zero-order valence-electron chi connectivity index (χ0n) is 11.6. The van der Waals surface area contributed by atoms with Gasteiger partial charge in [-0.2, -0.15) is 5.10 Å². The Morgan fingerprint density at radius 2 is 2.26 bits per heavy atom. The number of aromatic nitrogens is 2. The number of hydrogen-bond acceptors (Lipinski definition) is 4. The summed E-state index contributed by atoms with van der Waals surface area (Å²) in [5, 5.41) is 10.5. The highest BCUT2D eigenvalue weighted by Crippen LogP contribution is 2.13. The number of ether oxygens (including phenoxy) is 1. The first kappa shape index (κ1) is 13.9. The number of carbonyl (C=O) groups excluding carboxylic acids is 1. The molecule has 0 saturated carbocycles. The van der Waals surface area contributed by atoms with E-state index in [1.807, 2.05) is 13.2 Å². The van der Waals surface area contributed by atoms with E-state index in [4.69, 9.17) is 4.74 Å². The van der Waals surface area contributed by atoms with Crippen LogP contribution in [-0.4, -0.2) is 41.5 Å². The maximum atomic E-state index is 11.8. The third-order valence-electron chi connectivity index (χ3n) is 3.27. The molecule has 1 aliphatic rings. The standard InChI is InChI=1S/C13H22N4O2/c1-3-11-12(9-17(2)16-11)14-8-13(18)15-10-4-6-19-7-5-10/h9-10,14H,3-8H2,1-2H3,(H,15,18). The summed E-state index contributed by atoms with van der Waals surface area (Å²) in [7, 11) is 1.88. The Morgan fingerprint density at radius 1 is 1.53 bits per heavy atom. The molecular weight excluding hydrogens is 244 g/mol. The fraction of sp³-hybridized carbons (Fsp3) is 0.692. The number of amides is 1. The van der Waals surface area contributed by atoms with Gasteiger partial charge in [0.2, 0.25) is 5.91 Å². The predicted molar refractivity (Wildman–Crippen MR) is 73.1 cm³/mol. The van der Waals surface area contributed by atoms with Gasteiger partial charge < -0.3 is 15.4 Å². The lowest BCUT2D eigenvalue weighted by Crippen LogP contribution is -2.41. The predicted octanol–water partition coefficient (Wildman–Crippen LogP) is 0.690. The van der Waals surface area contributed by atoms with Gasteiger partial charge in [-0.15, -0.1) is 0 Å². The van der Waals surface area contributed by atoms with Crippen molar-refractivity contribution >= 4 is 11.6 Å². The van der Waals surface area contributed by atoms with Gasteiger partial charge in [0.25, 0.3) is 0 Å². The van der Waals surface area contributed by atoms with Gasteiger partial charge in [-0.1, -0.05) is 6.92 Å². The first-order chi connectivity index (χ1) is 9.19. The maximum Gasteiger partial charge on any atom is 0.239 e. The van der Waals surface area contributed by atoms with E-state index >= 15 is 0 Å². The Labute approximate surface area is 113 Å². The van der Waals surface area contributed by atoms with Gasteiger partial charge >= 0.3 is 0 Å². The van der Waals surface area contributed by atoms with E-state index in [0.29, 0.717) is 0 Å². The third-order valence-corrected chi connectivity index (χ3v) is 3.27. The molecule has 2 N–H and O–H groups in total. The van der Waals surface area contributed by atoms with Gasteiger partial charge in [-0.25, -0.2) is 0 Å². The minimum absolute atomic E-state index is 0.0257. The van der Waals surface area contributed by atoms with E-state index in [1.54, 1.807) is 4.68 Å². The molecule has 0 bridgehead atoms. The van der Waals surface area contributed by atoms with Crippen LogP contribution < -0.4 is 10.6 Å². The first-order valence-corrected chi connectivity index (χ1v) is 6.82. The topological polar surface area (TPSA) is 68.2 Å². The van der Waals surface area contributed by atoms with E-state index in [-0.39, 0.29) is 18.5 Å². The molecule has 1 amide bonds. The lowest BCUT2D eigenvalue weighted by atomic mass is 10.1. The zero-order valence-corrected chi connectivity index (χ0v) is 11.6. The van der Waals surface area contributed by atoms with E-state index < -0.39 is 0 Å². The van der Waals surface area contributed by atoms with Crippen molar-refractivity contribution in [2.75, 3.05) is 25.1 Å². The minimum atomic E-state index is 0.0257. The Hall–Kier alpha value is -1.56. The van der Waals surface area contributed by atoms with Crippen molar-refractivity contribution in [3.05, 3.63) is 11.9 Å². The van der Waals surface area contributed by atoms with Gasteiger partial charge in [0.1, 0.15) is 0 Å². The van der Waals surface area contributed by atoms with E-state index in [0.717, 1.165) is 43.9 Å². The molecule has 0 aromatic carbocycles. The lowest BCUT2D eigenvalue weighted by molar-refractivity contribution is -0.120. The van der Waals surface area contributed by atoms with Crippen molar-refractivity contribution in [3.8, 4) is 0 Å². The van der Waals surface area contributed by atoms with Crippen LogP contribution in [0, 0.1) is 0 Å². The Balaban J connectivity index is 1.79. The number of aryl methyl sites for hydroxylation is 2. The van der Waals surface area contributed by atoms with Crippen LogP contribution in [0.5, 0.6) is 0 Å². The smallest absolute Gasteiger partial charge is 0.239 e. The van der Waals surface area contributed by atoms with Crippen molar-refractivity contribution in [2.24, 2.45) is 7.05 Å². The number of anilines is 1. The molecule has 0 unspecified atom stereocenters. The molecule has 0 atom stereocenters. The van der Waals surface area contributed by atoms with E-state index in [2.05, 4.69) is 22.7 Å². The van der Waals surface area contributed by atoms with Crippen LogP contribution in [0.1, 0.15) is 25.5 Å². The molecule has 1 aromatic heterocycles. The highest BCUT2D eigenvalue weighted by atomic mass is 16.5. The summed E-state index contributed by atoms with van der Waals surface area (Å²) in [6, 6.07) is 0.252. The van der Waals surface area contributed by atoms with Crippen molar-refractivity contribution in [1.82, 2.24) is 15.1 Å². The number of rotatable bonds is 5. The van der Waals surface area contributed by atoms with E-state index in [1.165, 1.54) is 0 Å². The average molecular weight is 266 g/mol. The summed E-state index contributed by atoms with van der Waals surface area (Å²) < 4.78 is 7.03. The molecule has 1 saturated heterocycles. The van der Waals surface area contributed by atoms with Crippen LogP contribution in [0.25, 0.3) is 0 Å². The second-order valence-electron chi connectivity index (χ2n) is 4.82. The largest absolute Gasteiger partial charge is 0.381 e. The SMILES string of the molecule is CCc1nn(C)cc1NCC(=O)NC1CCOCC1. The average Bonchev–Trinajstić information content (AvgIpc) is 2.78. The normalized spacial score (nSPS) is 16.3. The molecule has 106 valence electrons. The number of nitrogens with zero attached hydrogens (tertiary/aromatic N) is 2. The number of hydrogen-bond donors (Lipinski definition) is 2. The summed E-state index contributed by atoms with van der Waals surface area (Å²) in [5.74, 6) is 0.0257.